The molecule has 0 atom stereocenters. The molecule has 1 heterocycles. The average Bonchev–Trinajstić information content (AvgIpc) is 2.37. The van der Waals surface area contributed by atoms with Gasteiger partial charge in [0, 0.05) is 32.8 Å². The van der Waals surface area contributed by atoms with Crippen LogP contribution >= 0.6 is 0 Å². The smallest absolute Gasteiger partial charge is 0.281 e. The number of piperidine rings is 1. The van der Waals surface area contributed by atoms with Crippen LogP contribution in [0.2, 0.25) is 0 Å². The number of rotatable bonds is 6. The SMILES string of the molecule is CCN(CC1CCC1)S(=O)(=O)N1CCC(CO)CC1. The maximum atomic E-state index is 12.6. The highest BCUT2D eigenvalue weighted by Gasteiger charge is 2.34. The second-order valence-electron chi connectivity index (χ2n) is 5.78. The van der Waals surface area contributed by atoms with Crippen LogP contribution in [0.15, 0.2) is 0 Å². The fourth-order valence-corrected chi connectivity index (χ4v) is 4.56. The van der Waals surface area contributed by atoms with Gasteiger partial charge in [-0.05, 0) is 37.5 Å². The number of aliphatic hydroxyl groups excluding tert-OH is 1. The van der Waals surface area contributed by atoms with Gasteiger partial charge in [-0.15, -0.1) is 0 Å². The van der Waals surface area contributed by atoms with Gasteiger partial charge in [0.05, 0.1) is 0 Å². The summed E-state index contributed by atoms with van der Waals surface area (Å²) in [4.78, 5) is 0. The lowest BCUT2D eigenvalue weighted by Gasteiger charge is -2.37. The van der Waals surface area contributed by atoms with E-state index in [1.165, 1.54) is 19.3 Å². The molecule has 1 aliphatic heterocycles. The summed E-state index contributed by atoms with van der Waals surface area (Å²) >= 11 is 0. The number of aliphatic hydroxyl groups is 1. The van der Waals surface area contributed by atoms with Crippen LogP contribution in [-0.4, -0.2) is 54.9 Å². The third-order valence-corrected chi connectivity index (χ3v) is 6.60. The first-order valence-electron chi connectivity index (χ1n) is 7.44. The molecule has 0 unspecified atom stereocenters. The molecular weight excluding hydrogens is 264 g/mol. The van der Waals surface area contributed by atoms with Crippen molar-refractivity contribution < 1.29 is 13.5 Å². The summed E-state index contributed by atoms with van der Waals surface area (Å²) in [6, 6.07) is 0. The summed E-state index contributed by atoms with van der Waals surface area (Å²) in [7, 11) is -3.29. The summed E-state index contributed by atoms with van der Waals surface area (Å²) < 4.78 is 28.4. The first-order valence-corrected chi connectivity index (χ1v) is 8.83. The highest BCUT2D eigenvalue weighted by molar-refractivity contribution is 7.86. The van der Waals surface area contributed by atoms with E-state index in [9.17, 15) is 8.42 Å². The Morgan fingerprint density at radius 1 is 1.16 bits per heavy atom. The van der Waals surface area contributed by atoms with E-state index in [0.29, 0.717) is 32.1 Å². The monoisotopic (exact) mass is 290 g/mol. The van der Waals surface area contributed by atoms with Crippen LogP contribution in [0.3, 0.4) is 0 Å². The first kappa shape index (κ1) is 15.2. The highest BCUT2D eigenvalue weighted by Crippen LogP contribution is 2.29. The van der Waals surface area contributed by atoms with Crippen molar-refractivity contribution in [2.75, 3.05) is 32.8 Å². The van der Waals surface area contributed by atoms with Crippen molar-refractivity contribution in [2.24, 2.45) is 11.8 Å². The van der Waals surface area contributed by atoms with Gasteiger partial charge >= 0.3 is 0 Å². The third-order valence-electron chi connectivity index (χ3n) is 4.52. The van der Waals surface area contributed by atoms with Gasteiger partial charge in [0.1, 0.15) is 0 Å². The van der Waals surface area contributed by atoms with Gasteiger partial charge in [-0.2, -0.15) is 17.0 Å². The van der Waals surface area contributed by atoms with E-state index in [4.69, 9.17) is 5.11 Å². The topological polar surface area (TPSA) is 60.9 Å². The largest absolute Gasteiger partial charge is 0.396 e. The quantitative estimate of drug-likeness (QED) is 0.795. The fraction of sp³-hybridized carbons (Fsp3) is 1.00. The lowest BCUT2D eigenvalue weighted by Crippen LogP contribution is -2.49. The molecule has 1 saturated heterocycles. The Balaban J connectivity index is 1.95. The van der Waals surface area contributed by atoms with Gasteiger partial charge in [-0.25, -0.2) is 0 Å². The van der Waals surface area contributed by atoms with Crippen LogP contribution in [-0.2, 0) is 10.2 Å². The second-order valence-corrected chi connectivity index (χ2v) is 7.71. The maximum absolute atomic E-state index is 12.6. The highest BCUT2D eigenvalue weighted by atomic mass is 32.2. The Morgan fingerprint density at radius 2 is 1.79 bits per heavy atom. The molecule has 2 fully saturated rings. The summed E-state index contributed by atoms with van der Waals surface area (Å²) in [5.41, 5.74) is 0. The number of hydrogen-bond donors (Lipinski definition) is 1. The van der Waals surface area contributed by atoms with Crippen molar-refractivity contribution in [2.45, 2.75) is 39.0 Å². The summed E-state index contributed by atoms with van der Waals surface area (Å²) in [5, 5.41) is 9.12. The van der Waals surface area contributed by atoms with Crippen molar-refractivity contribution in [3.8, 4) is 0 Å². The van der Waals surface area contributed by atoms with Crippen LogP contribution in [0.5, 0.6) is 0 Å². The van der Waals surface area contributed by atoms with Gasteiger partial charge in [-0.3, -0.25) is 0 Å². The van der Waals surface area contributed by atoms with Crippen molar-refractivity contribution in [1.82, 2.24) is 8.61 Å². The Bertz CT molecular complexity index is 373. The van der Waals surface area contributed by atoms with E-state index in [0.717, 1.165) is 12.8 Å². The predicted molar refractivity (Wildman–Crippen MR) is 74.9 cm³/mol. The van der Waals surface area contributed by atoms with E-state index >= 15 is 0 Å². The minimum absolute atomic E-state index is 0.174. The van der Waals surface area contributed by atoms with Crippen molar-refractivity contribution >= 4 is 10.2 Å². The van der Waals surface area contributed by atoms with Crippen LogP contribution in [0.25, 0.3) is 0 Å². The molecule has 1 saturated carbocycles. The Labute approximate surface area is 116 Å². The van der Waals surface area contributed by atoms with Gasteiger partial charge in [0.15, 0.2) is 0 Å². The minimum Gasteiger partial charge on any atom is -0.396 e. The molecule has 1 N–H and O–H groups in total. The molecule has 6 heteroatoms. The normalized spacial score (nSPS) is 23.7. The predicted octanol–water partition coefficient (Wildman–Crippen LogP) is 1.06. The average molecular weight is 290 g/mol. The van der Waals surface area contributed by atoms with Crippen molar-refractivity contribution in [3.63, 3.8) is 0 Å². The molecule has 5 nitrogen and oxygen atoms in total. The van der Waals surface area contributed by atoms with E-state index in [1.807, 2.05) is 6.92 Å². The molecule has 1 aliphatic carbocycles. The Morgan fingerprint density at radius 3 is 2.21 bits per heavy atom. The molecule has 2 aliphatic rings. The summed E-state index contributed by atoms with van der Waals surface area (Å²) in [6.07, 6.45) is 5.12. The van der Waals surface area contributed by atoms with E-state index < -0.39 is 10.2 Å². The van der Waals surface area contributed by atoms with Crippen molar-refractivity contribution in [3.05, 3.63) is 0 Å². The van der Waals surface area contributed by atoms with E-state index in [2.05, 4.69) is 0 Å². The van der Waals surface area contributed by atoms with Crippen LogP contribution < -0.4 is 0 Å². The molecule has 0 bridgehead atoms. The summed E-state index contributed by atoms with van der Waals surface area (Å²) in [5.74, 6) is 0.831. The first-order chi connectivity index (χ1) is 9.07. The zero-order valence-electron chi connectivity index (χ0n) is 11.8. The molecule has 0 spiro atoms. The van der Waals surface area contributed by atoms with Gasteiger partial charge in [0.25, 0.3) is 10.2 Å². The minimum atomic E-state index is -3.29. The molecule has 2 rings (SSSR count). The van der Waals surface area contributed by atoms with Gasteiger partial charge < -0.3 is 5.11 Å². The van der Waals surface area contributed by atoms with Crippen LogP contribution in [0.1, 0.15) is 39.0 Å². The molecule has 0 amide bonds. The lowest BCUT2D eigenvalue weighted by molar-refractivity contribution is 0.163. The van der Waals surface area contributed by atoms with Crippen LogP contribution in [0, 0.1) is 11.8 Å². The zero-order valence-corrected chi connectivity index (χ0v) is 12.6. The molecule has 19 heavy (non-hydrogen) atoms. The molecule has 0 radical (unpaired) electrons. The fourth-order valence-electron chi connectivity index (χ4n) is 2.84. The lowest BCUT2D eigenvalue weighted by atomic mass is 9.85. The molecule has 0 aromatic carbocycles. The van der Waals surface area contributed by atoms with Gasteiger partial charge in [0.2, 0.25) is 0 Å². The zero-order chi connectivity index (χ0) is 13.9. The van der Waals surface area contributed by atoms with Crippen molar-refractivity contribution in [1.29, 1.82) is 0 Å². The number of hydrogen-bond acceptors (Lipinski definition) is 3. The second kappa shape index (κ2) is 6.52. The van der Waals surface area contributed by atoms with Gasteiger partial charge in [-0.1, -0.05) is 13.3 Å². The maximum Gasteiger partial charge on any atom is 0.281 e. The standard InChI is InChI=1S/C13H26N2O3S/c1-2-14(10-12-4-3-5-12)19(17,18)15-8-6-13(11-16)7-9-15/h12-13,16H,2-11H2,1H3. The molecule has 112 valence electrons. The van der Waals surface area contributed by atoms with E-state index in [-0.39, 0.29) is 12.5 Å². The third kappa shape index (κ3) is 3.48. The van der Waals surface area contributed by atoms with E-state index in [1.54, 1.807) is 8.61 Å². The Kier molecular flexibility index (Phi) is 5.22. The van der Waals surface area contributed by atoms with Crippen LogP contribution in [0.4, 0.5) is 0 Å². The molecule has 0 aromatic heterocycles. The molecule has 0 aromatic rings. The Hall–Kier alpha value is -0.170. The number of nitrogens with zero attached hydrogens (tertiary/aromatic N) is 2. The molecular formula is C13H26N2O3S. The summed E-state index contributed by atoms with van der Waals surface area (Å²) in [6.45, 7) is 4.42.